The number of aromatic carboxylic acids is 1. The fourth-order valence-electron chi connectivity index (χ4n) is 3.85. The van der Waals surface area contributed by atoms with Crippen molar-refractivity contribution in [1.82, 2.24) is 10.2 Å². The van der Waals surface area contributed by atoms with Crippen LogP contribution in [-0.2, 0) is 0 Å². The third-order valence-corrected chi connectivity index (χ3v) is 5.43. The standard InChI is InChI=1S/C24H25N3O4/c1-30-21-12-11-16(15-22(21)31-19-8-2-3-9-19)23(20-10-5-13-25-27-20)26-18-7-4-6-17(14-18)24(28)29/h4-7,10-15,19,23,26H,2-3,8-9H2,1H3,(H,28,29). The molecule has 1 unspecified atom stereocenters. The minimum atomic E-state index is -0.976. The number of carbonyl (C=O) groups is 1. The van der Waals surface area contributed by atoms with Gasteiger partial charge in [-0.15, -0.1) is 0 Å². The van der Waals surface area contributed by atoms with Crippen LogP contribution >= 0.6 is 0 Å². The number of carboxylic acids is 1. The summed E-state index contributed by atoms with van der Waals surface area (Å²) in [4.78, 5) is 11.4. The van der Waals surface area contributed by atoms with Crippen molar-refractivity contribution < 1.29 is 19.4 Å². The van der Waals surface area contributed by atoms with Gasteiger partial charge in [0.15, 0.2) is 11.5 Å². The zero-order valence-corrected chi connectivity index (χ0v) is 17.3. The van der Waals surface area contributed by atoms with Crippen LogP contribution in [0.2, 0.25) is 0 Å². The molecular weight excluding hydrogens is 394 g/mol. The Kier molecular flexibility index (Phi) is 6.31. The van der Waals surface area contributed by atoms with Crippen molar-refractivity contribution in [1.29, 1.82) is 0 Å². The van der Waals surface area contributed by atoms with Gasteiger partial charge in [0.2, 0.25) is 0 Å². The van der Waals surface area contributed by atoms with E-state index in [2.05, 4.69) is 15.5 Å². The number of hydrogen-bond acceptors (Lipinski definition) is 6. The molecule has 7 heteroatoms. The minimum Gasteiger partial charge on any atom is -0.493 e. The first kappa shape index (κ1) is 20.7. The molecule has 0 aliphatic heterocycles. The van der Waals surface area contributed by atoms with E-state index in [0.717, 1.165) is 18.4 Å². The quantitative estimate of drug-likeness (QED) is 0.546. The average molecular weight is 419 g/mol. The maximum Gasteiger partial charge on any atom is 0.335 e. The fraction of sp³-hybridized carbons (Fsp3) is 0.292. The zero-order valence-electron chi connectivity index (χ0n) is 17.3. The molecule has 1 aliphatic rings. The molecule has 2 aromatic carbocycles. The van der Waals surface area contributed by atoms with Gasteiger partial charge in [0.05, 0.1) is 30.5 Å². The van der Waals surface area contributed by atoms with E-state index in [9.17, 15) is 9.90 Å². The van der Waals surface area contributed by atoms with Gasteiger partial charge in [-0.1, -0.05) is 12.1 Å². The molecule has 4 rings (SSSR count). The summed E-state index contributed by atoms with van der Waals surface area (Å²) in [6, 6.07) is 15.9. The minimum absolute atomic E-state index is 0.194. The highest BCUT2D eigenvalue weighted by molar-refractivity contribution is 5.88. The number of anilines is 1. The third kappa shape index (κ3) is 4.94. The molecule has 0 bridgehead atoms. The Hall–Kier alpha value is -3.61. The number of aromatic nitrogens is 2. The molecule has 1 fully saturated rings. The Morgan fingerprint density at radius 3 is 2.65 bits per heavy atom. The lowest BCUT2D eigenvalue weighted by atomic mass is 10.0. The van der Waals surface area contributed by atoms with Crippen molar-refractivity contribution >= 4 is 11.7 Å². The van der Waals surface area contributed by atoms with Gasteiger partial charge in [-0.2, -0.15) is 10.2 Å². The average Bonchev–Trinajstić information content (AvgIpc) is 3.31. The highest BCUT2D eigenvalue weighted by atomic mass is 16.5. The SMILES string of the molecule is COc1ccc(C(Nc2cccc(C(=O)O)c2)c2cccnn2)cc1OC1CCCC1. The Morgan fingerprint density at radius 1 is 1.10 bits per heavy atom. The van der Waals surface area contributed by atoms with Crippen molar-refractivity contribution in [3.63, 3.8) is 0 Å². The van der Waals surface area contributed by atoms with Crippen LogP contribution in [0.1, 0.15) is 53.3 Å². The van der Waals surface area contributed by atoms with E-state index < -0.39 is 5.97 Å². The summed E-state index contributed by atoms with van der Waals surface area (Å²) >= 11 is 0. The van der Waals surface area contributed by atoms with Crippen molar-refractivity contribution in [2.75, 3.05) is 12.4 Å². The number of methoxy groups -OCH3 is 1. The molecule has 1 atom stereocenters. The second-order valence-electron chi connectivity index (χ2n) is 7.55. The lowest BCUT2D eigenvalue weighted by molar-refractivity contribution is 0.0697. The smallest absolute Gasteiger partial charge is 0.335 e. The van der Waals surface area contributed by atoms with E-state index >= 15 is 0 Å². The van der Waals surface area contributed by atoms with E-state index in [-0.39, 0.29) is 17.7 Å². The van der Waals surface area contributed by atoms with Crippen LogP contribution < -0.4 is 14.8 Å². The van der Waals surface area contributed by atoms with Crippen molar-refractivity contribution in [3.05, 3.63) is 77.6 Å². The van der Waals surface area contributed by atoms with Crippen LogP contribution in [-0.4, -0.2) is 34.5 Å². The Balaban J connectivity index is 1.70. The first-order valence-corrected chi connectivity index (χ1v) is 10.4. The molecule has 3 aromatic rings. The van der Waals surface area contributed by atoms with Crippen LogP contribution in [0.15, 0.2) is 60.8 Å². The lowest BCUT2D eigenvalue weighted by Gasteiger charge is -2.22. The van der Waals surface area contributed by atoms with Gasteiger partial charge >= 0.3 is 5.97 Å². The first-order valence-electron chi connectivity index (χ1n) is 10.4. The number of rotatable bonds is 8. The molecular formula is C24H25N3O4. The summed E-state index contributed by atoms with van der Waals surface area (Å²) in [6.45, 7) is 0. The maximum absolute atomic E-state index is 11.4. The molecule has 160 valence electrons. The number of benzene rings is 2. The van der Waals surface area contributed by atoms with Gasteiger partial charge in [0, 0.05) is 11.9 Å². The summed E-state index contributed by atoms with van der Waals surface area (Å²) in [5, 5.41) is 21.0. The monoisotopic (exact) mass is 419 g/mol. The molecule has 1 heterocycles. The second-order valence-corrected chi connectivity index (χ2v) is 7.55. The molecule has 31 heavy (non-hydrogen) atoms. The summed E-state index contributed by atoms with van der Waals surface area (Å²) in [7, 11) is 1.63. The van der Waals surface area contributed by atoms with Crippen molar-refractivity contribution in [2.45, 2.75) is 37.8 Å². The molecule has 1 aliphatic carbocycles. The maximum atomic E-state index is 11.4. The van der Waals surface area contributed by atoms with Gasteiger partial charge in [-0.3, -0.25) is 0 Å². The normalized spacial score (nSPS) is 14.7. The molecule has 1 saturated carbocycles. The number of carboxylic acid groups (broad SMARTS) is 1. The zero-order chi connectivity index (χ0) is 21.6. The molecule has 0 amide bonds. The third-order valence-electron chi connectivity index (χ3n) is 5.43. The van der Waals surface area contributed by atoms with Crippen LogP contribution in [0, 0.1) is 0 Å². The summed E-state index contributed by atoms with van der Waals surface area (Å²) in [5.41, 5.74) is 2.50. The number of hydrogen-bond donors (Lipinski definition) is 2. The summed E-state index contributed by atoms with van der Waals surface area (Å²) < 4.78 is 11.8. The van der Waals surface area contributed by atoms with Gasteiger partial charge in [-0.05, 0) is 73.7 Å². The number of nitrogens with one attached hydrogen (secondary N) is 1. The molecule has 0 saturated heterocycles. The predicted octanol–water partition coefficient (Wildman–Crippen LogP) is 4.71. The van der Waals surface area contributed by atoms with Gasteiger partial charge < -0.3 is 19.9 Å². The van der Waals surface area contributed by atoms with Gasteiger partial charge in [-0.25, -0.2) is 4.79 Å². The van der Waals surface area contributed by atoms with E-state index in [1.54, 1.807) is 31.5 Å². The van der Waals surface area contributed by atoms with Crippen molar-refractivity contribution in [2.24, 2.45) is 0 Å². The molecule has 0 radical (unpaired) electrons. The van der Waals surface area contributed by atoms with Crippen LogP contribution in [0.5, 0.6) is 11.5 Å². The highest BCUT2D eigenvalue weighted by Gasteiger charge is 2.22. The van der Waals surface area contributed by atoms with Crippen LogP contribution in [0.25, 0.3) is 0 Å². The predicted molar refractivity (Wildman–Crippen MR) is 117 cm³/mol. The second kappa shape index (κ2) is 9.47. The summed E-state index contributed by atoms with van der Waals surface area (Å²) in [6.07, 6.45) is 6.25. The highest BCUT2D eigenvalue weighted by Crippen LogP contribution is 2.36. The van der Waals surface area contributed by atoms with Gasteiger partial charge in [0.25, 0.3) is 0 Å². The largest absolute Gasteiger partial charge is 0.493 e. The number of ether oxygens (including phenoxy) is 2. The lowest BCUT2D eigenvalue weighted by Crippen LogP contribution is -2.16. The first-order chi connectivity index (χ1) is 15.1. The Bertz CT molecular complexity index is 1040. The van der Waals surface area contributed by atoms with E-state index in [0.29, 0.717) is 22.9 Å². The number of nitrogens with zero attached hydrogens (tertiary/aromatic N) is 2. The van der Waals surface area contributed by atoms with Gasteiger partial charge in [0.1, 0.15) is 0 Å². The molecule has 2 N–H and O–H groups in total. The van der Waals surface area contributed by atoms with Crippen molar-refractivity contribution in [3.8, 4) is 11.5 Å². The Labute approximate surface area is 181 Å². The van der Waals surface area contributed by atoms with E-state index in [1.807, 2.05) is 36.4 Å². The van der Waals surface area contributed by atoms with Crippen LogP contribution in [0.3, 0.4) is 0 Å². The van der Waals surface area contributed by atoms with E-state index in [4.69, 9.17) is 9.47 Å². The van der Waals surface area contributed by atoms with Crippen LogP contribution in [0.4, 0.5) is 5.69 Å². The fourth-order valence-corrected chi connectivity index (χ4v) is 3.85. The molecule has 0 spiro atoms. The Morgan fingerprint density at radius 2 is 1.94 bits per heavy atom. The topological polar surface area (TPSA) is 93.6 Å². The molecule has 1 aromatic heterocycles. The summed E-state index contributed by atoms with van der Waals surface area (Å²) in [5.74, 6) is 0.402. The van der Waals surface area contributed by atoms with E-state index in [1.165, 1.54) is 12.8 Å². The molecule has 7 nitrogen and oxygen atoms in total.